The van der Waals surface area contributed by atoms with Crippen molar-refractivity contribution in [3.63, 3.8) is 0 Å². The summed E-state index contributed by atoms with van der Waals surface area (Å²) in [5, 5.41) is 13.4. The number of carbonyl (C=O) groups excluding carboxylic acids is 1. The Morgan fingerprint density at radius 3 is 2.28 bits per heavy atom. The van der Waals surface area contributed by atoms with Crippen molar-refractivity contribution in [2.45, 2.75) is 17.9 Å². The van der Waals surface area contributed by atoms with E-state index in [9.17, 15) is 18.0 Å². The summed E-state index contributed by atoms with van der Waals surface area (Å²) in [5.41, 5.74) is 1.63. The predicted molar refractivity (Wildman–Crippen MR) is 119 cm³/mol. The first kappa shape index (κ1) is 21.3. The molecule has 0 unspecified atom stereocenters. The minimum absolute atomic E-state index is 0.0660. The van der Waals surface area contributed by atoms with E-state index < -0.39 is 15.9 Å². The molecule has 162 valence electrons. The number of hydrogen-bond donors (Lipinski definition) is 2. The third kappa shape index (κ3) is 4.71. The standard InChI is InChI=1S/C22H19N5O4S/c23-32(30,31)17-7-5-16(6-8-17)25-21(28)14-27-22(29)19-4-2-1-3-18(19)20(26-27)13-15-9-11-24-12-10-15/h1-12H,13-14H2,(H,25,28)(H2,23,30,31). The van der Waals surface area contributed by atoms with Crippen LogP contribution in [0.4, 0.5) is 5.69 Å². The van der Waals surface area contributed by atoms with Gasteiger partial charge in [0.15, 0.2) is 0 Å². The highest BCUT2D eigenvalue weighted by Gasteiger charge is 2.14. The van der Waals surface area contributed by atoms with Gasteiger partial charge in [0.2, 0.25) is 15.9 Å². The van der Waals surface area contributed by atoms with E-state index in [1.165, 1.54) is 24.3 Å². The summed E-state index contributed by atoms with van der Waals surface area (Å²) >= 11 is 0. The summed E-state index contributed by atoms with van der Waals surface area (Å²) in [6.07, 6.45) is 3.84. The zero-order valence-electron chi connectivity index (χ0n) is 16.8. The lowest BCUT2D eigenvalue weighted by Gasteiger charge is -2.12. The molecule has 10 heteroatoms. The molecule has 0 aliphatic heterocycles. The summed E-state index contributed by atoms with van der Waals surface area (Å²) < 4.78 is 23.8. The van der Waals surface area contributed by atoms with Crippen molar-refractivity contribution in [3.05, 3.63) is 94.7 Å². The molecule has 0 bridgehead atoms. The largest absolute Gasteiger partial charge is 0.324 e. The van der Waals surface area contributed by atoms with Crippen LogP contribution in [0.15, 0.2) is 82.7 Å². The molecule has 0 radical (unpaired) electrons. The van der Waals surface area contributed by atoms with Gasteiger partial charge in [-0.1, -0.05) is 18.2 Å². The van der Waals surface area contributed by atoms with Gasteiger partial charge in [-0.15, -0.1) is 0 Å². The topological polar surface area (TPSA) is 137 Å². The number of carbonyl (C=O) groups is 1. The molecule has 0 saturated heterocycles. The zero-order chi connectivity index (χ0) is 22.7. The van der Waals surface area contributed by atoms with Gasteiger partial charge >= 0.3 is 0 Å². The number of amides is 1. The molecule has 0 atom stereocenters. The van der Waals surface area contributed by atoms with Crippen LogP contribution in [0.5, 0.6) is 0 Å². The molecule has 3 N–H and O–H groups in total. The monoisotopic (exact) mass is 449 g/mol. The Morgan fingerprint density at radius 1 is 0.969 bits per heavy atom. The lowest BCUT2D eigenvalue weighted by Crippen LogP contribution is -2.30. The fraction of sp³-hybridized carbons (Fsp3) is 0.0909. The van der Waals surface area contributed by atoms with Gasteiger partial charge in [-0.2, -0.15) is 5.10 Å². The van der Waals surface area contributed by atoms with Gasteiger partial charge in [0.25, 0.3) is 5.56 Å². The first-order valence-corrected chi connectivity index (χ1v) is 11.2. The van der Waals surface area contributed by atoms with Crippen LogP contribution in [0.1, 0.15) is 11.3 Å². The number of nitrogens with one attached hydrogen (secondary N) is 1. The molecule has 2 heterocycles. The first-order valence-electron chi connectivity index (χ1n) is 9.61. The lowest BCUT2D eigenvalue weighted by molar-refractivity contribution is -0.117. The summed E-state index contributed by atoms with van der Waals surface area (Å²) in [6, 6.07) is 16.3. The molecule has 9 nitrogen and oxygen atoms in total. The number of rotatable bonds is 6. The highest BCUT2D eigenvalue weighted by Crippen LogP contribution is 2.17. The molecular weight excluding hydrogens is 430 g/mol. The molecule has 1 amide bonds. The number of anilines is 1. The van der Waals surface area contributed by atoms with E-state index in [4.69, 9.17) is 5.14 Å². The predicted octanol–water partition coefficient (Wildman–Crippen LogP) is 1.67. The van der Waals surface area contributed by atoms with Gasteiger partial charge in [-0.3, -0.25) is 14.6 Å². The number of benzene rings is 2. The SMILES string of the molecule is NS(=O)(=O)c1ccc(NC(=O)Cn2nc(Cc3ccncc3)c3ccccc3c2=O)cc1. The number of hydrogen-bond acceptors (Lipinski definition) is 6. The number of nitrogens with two attached hydrogens (primary N) is 1. The Balaban J connectivity index is 1.61. The number of nitrogens with zero attached hydrogens (tertiary/aromatic N) is 3. The first-order chi connectivity index (χ1) is 15.3. The van der Waals surface area contributed by atoms with Crippen molar-refractivity contribution in [3.8, 4) is 0 Å². The van der Waals surface area contributed by atoms with Crippen LogP contribution < -0.4 is 16.0 Å². The van der Waals surface area contributed by atoms with Crippen LogP contribution in [0.2, 0.25) is 0 Å². The van der Waals surface area contributed by atoms with Crippen LogP contribution >= 0.6 is 0 Å². The number of fused-ring (bicyclic) bond motifs is 1. The molecule has 4 aromatic rings. The molecule has 2 aromatic heterocycles. The van der Waals surface area contributed by atoms with Crippen molar-refractivity contribution >= 4 is 32.4 Å². The number of sulfonamides is 1. The molecule has 0 aliphatic rings. The van der Waals surface area contributed by atoms with Crippen LogP contribution in [0.3, 0.4) is 0 Å². The van der Waals surface area contributed by atoms with E-state index in [-0.39, 0.29) is 17.0 Å². The molecule has 32 heavy (non-hydrogen) atoms. The molecule has 4 rings (SSSR count). The van der Waals surface area contributed by atoms with Gasteiger partial charge in [0.1, 0.15) is 6.54 Å². The van der Waals surface area contributed by atoms with Gasteiger partial charge in [-0.05, 0) is 48.0 Å². The van der Waals surface area contributed by atoms with Crippen LogP contribution in [0, 0.1) is 0 Å². The number of pyridine rings is 1. The minimum atomic E-state index is -3.83. The van der Waals surface area contributed by atoms with E-state index in [2.05, 4.69) is 15.4 Å². The summed E-state index contributed by atoms with van der Waals surface area (Å²) in [4.78, 5) is 29.4. The van der Waals surface area contributed by atoms with E-state index in [1.54, 1.807) is 24.5 Å². The van der Waals surface area contributed by atoms with Crippen molar-refractivity contribution < 1.29 is 13.2 Å². The smallest absolute Gasteiger partial charge is 0.275 e. The van der Waals surface area contributed by atoms with E-state index >= 15 is 0 Å². The highest BCUT2D eigenvalue weighted by molar-refractivity contribution is 7.89. The van der Waals surface area contributed by atoms with Crippen molar-refractivity contribution in [1.29, 1.82) is 0 Å². The maximum Gasteiger partial charge on any atom is 0.275 e. The second-order valence-electron chi connectivity index (χ2n) is 7.10. The third-order valence-corrected chi connectivity index (χ3v) is 5.75. The van der Waals surface area contributed by atoms with Gasteiger partial charge in [0, 0.05) is 29.9 Å². The summed E-state index contributed by atoms with van der Waals surface area (Å²) in [5.74, 6) is -0.479. The Kier molecular flexibility index (Phi) is 5.80. The maximum absolute atomic E-state index is 12.9. The third-order valence-electron chi connectivity index (χ3n) is 4.83. The number of aromatic nitrogens is 3. The van der Waals surface area contributed by atoms with E-state index in [1.807, 2.05) is 24.3 Å². The van der Waals surface area contributed by atoms with Crippen LogP contribution in [-0.4, -0.2) is 29.1 Å². The summed E-state index contributed by atoms with van der Waals surface area (Å²) in [7, 11) is -3.83. The lowest BCUT2D eigenvalue weighted by atomic mass is 10.1. The molecular formula is C22H19N5O4S. The second-order valence-corrected chi connectivity index (χ2v) is 8.67. The van der Waals surface area contributed by atoms with Gasteiger partial charge in [0.05, 0.1) is 16.0 Å². The highest BCUT2D eigenvalue weighted by atomic mass is 32.2. The average Bonchev–Trinajstić information content (AvgIpc) is 2.77. The fourth-order valence-corrected chi connectivity index (χ4v) is 3.82. The molecule has 0 spiro atoms. The van der Waals surface area contributed by atoms with Crippen LogP contribution in [0.25, 0.3) is 10.8 Å². The Morgan fingerprint density at radius 2 is 1.62 bits per heavy atom. The van der Waals surface area contributed by atoms with Crippen LogP contribution in [-0.2, 0) is 27.8 Å². The van der Waals surface area contributed by atoms with E-state index in [0.717, 1.165) is 15.6 Å². The Labute approximate surface area is 183 Å². The van der Waals surface area contributed by atoms with Gasteiger partial charge < -0.3 is 5.32 Å². The Hall–Kier alpha value is -3.89. The summed E-state index contributed by atoms with van der Waals surface area (Å²) in [6.45, 7) is -0.302. The van der Waals surface area contributed by atoms with Crippen molar-refractivity contribution in [2.75, 3.05) is 5.32 Å². The average molecular weight is 449 g/mol. The van der Waals surface area contributed by atoms with Crippen molar-refractivity contribution in [2.24, 2.45) is 5.14 Å². The Bertz CT molecular complexity index is 1450. The number of primary sulfonamides is 1. The minimum Gasteiger partial charge on any atom is -0.324 e. The van der Waals surface area contributed by atoms with Crippen molar-refractivity contribution in [1.82, 2.24) is 14.8 Å². The molecule has 0 fully saturated rings. The second kappa shape index (κ2) is 8.69. The molecule has 2 aromatic carbocycles. The van der Waals surface area contributed by atoms with E-state index in [0.29, 0.717) is 23.2 Å². The zero-order valence-corrected chi connectivity index (χ0v) is 17.6. The molecule has 0 saturated carbocycles. The molecule has 0 aliphatic carbocycles. The fourth-order valence-electron chi connectivity index (χ4n) is 3.30. The normalized spacial score (nSPS) is 11.4. The maximum atomic E-state index is 12.9. The quantitative estimate of drug-likeness (QED) is 0.459. The van der Waals surface area contributed by atoms with Gasteiger partial charge in [-0.25, -0.2) is 18.2 Å².